The molecule has 8 rings (SSSR count). The normalized spacial score (nSPS) is 18.4. The fourth-order valence-electron chi connectivity index (χ4n) is 7.80. The monoisotopic (exact) mass is 845 g/mol. The highest BCUT2D eigenvalue weighted by atomic mass is 35.5. The highest BCUT2D eigenvalue weighted by Crippen LogP contribution is 2.41. The van der Waals surface area contributed by atoms with Gasteiger partial charge in [-0.3, -0.25) is 14.6 Å². The van der Waals surface area contributed by atoms with Crippen molar-refractivity contribution in [2.24, 2.45) is 0 Å². The number of carboxylic acids is 2. The highest BCUT2D eigenvalue weighted by molar-refractivity contribution is 6.31. The third-order valence-electron chi connectivity index (χ3n) is 10.8. The van der Waals surface area contributed by atoms with E-state index in [-0.39, 0.29) is 23.9 Å². The lowest BCUT2D eigenvalue weighted by Crippen LogP contribution is -2.41. The molecule has 4 aromatic carbocycles. The summed E-state index contributed by atoms with van der Waals surface area (Å²) in [4.78, 5) is 57.2. The molecule has 2 aromatic heterocycles. The summed E-state index contributed by atoms with van der Waals surface area (Å²) in [5.41, 5.74) is 5.12. The Labute approximate surface area is 356 Å². The summed E-state index contributed by atoms with van der Waals surface area (Å²) in [6, 6.07) is 31.4. The number of benzene rings is 4. The van der Waals surface area contributed by atoms with E-state index >= 15 is 0 Å². The molecular weight excluding hydrogens is 805 g/mol. The number of hydrogen-bond acceptors (Lipinski definition) is 7. The molecule has 0 spiro atoms. The first-order valence-corrected chi connectivity index (χ1v) is 20.1. The second-order valence-electron chi connectivity index (χ2n) is 14.5. The minimum atomic E-state index is -1.01. The fourth-order valence-corrected chi connectivity index (χ4v) is 8.33. The minimum absolute atomic E-state index is 0.316. The molecule has 6 aromatic rings. The number of carboxylic acid groups (broad SMARTS) is 2. The maximum absolute atomic E-state index is 13.3. The van der Waals surface area contributed by atoms with Crippen molar-refractivity contribution in [3.63, 3.8) is 0 Å². The maximum Gasteiger partial charge on any atom is 0.326 e. The molecule has 2 N–H and O–H groups in total. The third kappa shape index (κ3) is 9.05. The van der Waals surface area contributed by atoms with E-state index < -0.39 is 24.0 Å². The predicted octanol–water partition coefficient (Wildman–Crippen LogP) is 9.01. The van der Waals surface area contributed by atoms with Gasteiger partial charge < -0.3 is 24.7 Å². The van der Waals surface area contributed by atoms with Gasteiger partial charge in [0.15, 0.2) is 0 Å². The molecule has 14 heteroatoms. The second-order valence-corrected chi connectivity index (χ2v) is 15.3. The molecule has 2 saturated heterocycles. The second kappa shape index (κ2) is 18.6. The third-order valence-corrected chi connectivity index (χ3v) is 11.4. The van der Waals surface area contributed by atoms with Gasteiger partial charge >= 0.3 is 11.9 Å². The first-order chi connectivity index (χ1) is 29.0. The number of likely N-dealkylation sites (tertiary alicyclic amines) is 2. The number of pyridine rings is 1. The number of ether oxygens (including phenoxy) is 1. The average molecular weight is 847 g/mol. The Hall–Kier alpha value is -6.50. The van der Waals surface area contributed by atoms with Gasteiger partial charge in [0, 0.05) is 51.0 Å². The molecule has 2 fully saturated rings. The molecule has 0 unspecified atom stereocenters. The van der Waals surface area contributed by atoms with Gasteiger partial charge in [-0.05, 0) is 117 Å². The zero-order valence-corrected chi connectivity index (χ0v) is 34.0. The van der Waals surface area contributed by atoms with Crippen molar-refractivity contribution in [3.05, 3.63) is 177 Å². The van der Waals surface area contributed by atoms with Crippen LogP contribution in [0.15, 0.2) is 134 Å². The number of nitrogens with zero attached hydrogens (tertiary/aromatic N) is 5. The summed E-state index contributed by atoms with van der Waals surface area (Å²) in [5, 5.41) is 24.7. The molecule has 2 aliphatic heterocycles. The molecule has 60 heavy (non-hydrogen) atoms. The number of aliphatic carboxylic acids is 2. The van der Waals surface area contributed by atoms with Gasteiger partial charge in [-0.25, -0.2) is 14.3 Å². The van der Waals surface area contributed by atoms with E-state index in [4.69, 9.17) is 27.9 Å². The molecule has 0 saturated carbocycles. The molecule has 2 amide bonds. The van der Waals surface area contributed by atoms with Gasteiger partial charge in [-0.15, -0.1) is 0 Å². The van der Waals surface area contributed by atoms with Gasteiger partial charge in [-0.2, -0.15) is 5.10 Å². The van der Waals surface area contributed by atoms with Crippen LogP contribution in [0.4, 0.5) is 0 Å². The van der Waals surface area contributed by atoms with E-state index in [2.05, 4.69) is 10.1 Å². The smallest absolute Gasteiger partial charge is 0.326 e. The SMILES string of the molecule is Cc1ccnn1-c1ccc(C(=O)N2[C@@H](c3ccccc3Cl)CC[C@H]2C(=O)O)cc1.O=C(O)[C@@H]1CC[C@H](c2ccccc2Cl)N1C(=O)c1ccc(OCc2cccnc2)cc1. The molecule has 4 atom stereocenters. The van der Waals surface area contributed by atoms with Crippen molar-refractivity contribution in [2.45, 2.75) is 63.4 Å². The lowest BCUT2D eigenvalue weighted by molar-refractivity contribution is -0.142. The summed E-state index contributed by atoms with van der Waals surface area (Å²) < 4.78 is 7.52. The van der Waals surface area contributed by atoms with Crippen LogP contribution in [0.2, 0.25) is 10.0 Å². The van der Waals surface area contributed by atoms with Crippen molar-refractivity contribution in [2.75, 3.05) is 0 Å². The van der Waals surface area contributed by atoms with Gasteiger partial charge in [0.1, 0.15) is 24.4 Å². The lowest BCUT2D eigenvalue weighted by Gasteiger charge is -2.29. The van der Waals surface area contributed by atoms with Crippen LogP contribution in [-0.4, -0.2) is 70.6 Å². The molecule has 4 heterocycles. The van der Waals surface area contributed by atoms with Crippen LogP contribution in [0.25, 0.3) is 5.69 Å². The van der Waals surface area contributed by atoms with Crippen LogP contribution in [-0.2, 0) is 16.2 Å². The van der Waals surface area contributed by atoms with E-state index in [1.807, 2.05) is 73.7 Å². The van der Waals surface area contributed by atoms with E-state index in [0.29, 0.717) is 59.2 Å². The Kier molecular flexibility index (Phi) is 12.9. The number of halogens is 2. The Morgan fingerprint density at radius 3 is 1.62 bits per heavy atom. The van der Waals surface area contributed by atoms with Gasteiger partial charge in [0.05, 0.1) is 17.8 Å². The molecule has 0 aliphatic carbocycles. The maximum atomic E-state index is 13.3. The van der Waals surface area contributed by atoms with E-state index in [0.717, 1.165) is 28.1 Å². The fraction of sp³-hybridized carbons (Fsp3) is 0.217. The van der Waals surface area contributed by atoms with Crippen molar-refractivity contribution >= 4 is 47.0 Å². The number of carbonyl (C=O) groups is 4. The number of carbonyl (C=O) groups excluding carboxylic acids is 2. The number of hydrogen-bond donors (Lipinski definition) is 2. The van der Waals surface area contributed by atoms with Crippen LogP contribution in [0.1, 0.15) is 80.9 Å². The molecule has 12 nitrogen and oxygen atoms in total. The Balaban J connectivity index is 0.000000182. The van der Waals surface area contributed by atoms with Crippen LogP contribution >= 0.6 is 23.2 Å². The Morgan fingerprint density at radius 2 is 1.17 bits per heavy atom. The summed E-state index contributed by atoms with van der Waals surface area (Å²) >= 11 is 12.7. The van der Waals surface area contributed by atoms with Crippen molar-refractivity contribution in [3.8, 4) is 11.4 Å². The standard InChI is InChI=1S/C24H21ClN2O4.C22H20ClN3O3/c25-20-6-2-1-5-19(20)21-11-12-22(24(29)30)27(21)23(28)17-7-9-18(10-8-17)31-15-16-4-3-13-26-14-16;1-14-12-13-24-26(14)16-8-6-15(7-9-16)21(27)25-19(10-11-20(25)22(28)29)17-4-2-3-5-18(17)23/h1-10,13-14,21-22H,11-12,15H2,(H,29,30);2-9,12-13,19-20H,10-11H2,1H3,(H,28,29)/t21-,22+;19-,20+/m11/s1. The molecule has 0 bridgehead atoms. The van der Waals surface area contributed by atoms with E-state index in [1.165, 1.54) is 9.80 Å². The highest BCUT2D eigenvalue weighted by Gasteiger charge is 2.44. The quantitative estimate of drug-likeness (QED) is 0.137. The largest absolute Gasteiger partial charge is 0.489 e. The van der Waals surface area contributed by atoms with Crippen molar-refractivity contribution < 1.29 is 34.1 Å². The summed E-state index contributed by atoms with van der Waals surface area (Å²) in [6.45, 7) is 2.31. The van der Waals surface area contributed by atoms with Gasteiger partial charge in [-0.1, -0.05) is 65.7 Å². The zero-order valence-electron chi connectivity index (χ0n) is 32.5. The summed E-state index contributed by atoms with van der Waals surface area (Å²) in [7, 11) is 0. The van der Waals surface area contributed by atoms with Crippen molar-refractivity contribution in [1.82, 2.24) is 24.6 Å². The lowest BCUT2D eigenvalue weighted by atomic mass is 10.0. The average Bonchev–Trinajstić information content (AvgIpc) is 4.03. The summed E-state index contributed by atoms with van der Waals surface area (Å²) in [5.74, 6) is -2.06. The van der Waals surface area contributed by atoms with Crippen molar-refractivity contribution in [1.29, 1.82) is 0 Å². The van der Waals surface area contributed by atoms with E-state index in [9.17, 15) is 29.4 Å². The zero-order chi connectivity index (χ0) is 42.3. The van der Waals surface area contributed by atoms with Crippen LogP contribution in [0, 0.1) is 6.92 Å². The Morgan fingerprint density at radius 1 is 0.650 bits per heavy atom. The first kappa shape index (κ1) is 41.7. The van der Waals surface area contributed by atoms with Gasteiger partial charge in [0.2, 0.25) is 0 Å². The Bertz CT molecular complexity index is 2480. The molecule has 306 valence electrons. The summed E-state index contributed by atoms with van der Waals surface area (Å²) in [6.07, 6.45) is 7.00. The van der Waals surface area contributed by atoms with Crippen LogP contribution in [0.5, 0.6) is 5.75 Å². The van der Waals surface area contributed by atoms with E-state index in [1.54, 1.807) is 71.8 Å². The topological polar surface area (TPSA) is 155 Å². The number of rotatable bonds is 10. The van der Waals surface area contributed by atoms with Crippen LogP contribution < -0.4 is 4.74 Å². The molecule has 0 radical (unpaired) electrons. The van der Waals surface area contributed by atoms with Gasteiger partial charge in [0.25, 0.3) is 11.8 Å². The predicted molar refractivity (Wildman–Crippen MR) is 225 cm³/mol. The minimum Gasteiger partial charge on any atom is -0.489 e. The number of amides is 2. The number of aromatic nitrogens is 3. The van der Waals surface area contributed by atoms with Crippen LogP contribution in [0.3, 0.4) is 0 Å². The molecule has 2 aliphatic rings. The number of aryl methyl sites for hydroxylation is 1. The first-order valence-electron chi connectivity index (χ1n) is 19.3. The molecular formula is C46H41Cl2N5O7.